The molecule has 3 rings (SSSR count). The summed E-state index contributed by atoms with van der Waals surface area (Å²) in [7, 11) is 0. The van der Waals surface area contributed by atoms with E-state index < -0.39 is 6.55 Å². The van der Waals surface area contributed by atoms with E-state index in [9.17, 15) is 0 Å². The van der Waals surface area contributed by atoms with Crippen molar-refractivity contribution in [2.45, 2.75) is 57.2 Å². The van der Waals surface area contributed by atoms with Gasteiger partial charge in [0.15, 0.2) is 0 Å². The van der Waals surface area contributed by atoms with Crippen molar-refractivity contribution < 1.29 is 28.2 Å². The van der Waals surface area contributed by atoms with Gasteiger partial charge in [-0.1, -0.05) is 25.6 Å². The first kappa shape index (κ1) is 18.2. The topological polar surface area (TPSA) is 18.5 Å². The normalized spacial score (nSPS) is 26.8. The van der Waals surface area contributed by atoms with Crippen LogP contribution in [-0.2, 0) is 9.31 Å². The summed E-state index contributed by atoms with van der Waals surface area (Å²) in [6.07, 6.45) is 6.71. The monoisotopic (exact) mass is 310 g/mol. The van der Waals surface area contributed by atoms with E-state index in [1.165, 1.54) is 24.8 Å². The van der Waals surface area contributed by atoms with Gasteiger partial charge in [-0.3, -0.25) is 0 Å². The molecule has 1 aliphatic carbocycles. The Labute approximate surface area is 150 Å². The van der Waals surface area contributed by atoms with E-state index in [0.29, 0.717) is 11.7 Å². The predicted octanol–water partition coefficient (Wildman–Crippen LogP) is 1.61. The van der Waals surface area contributed by atoms with Gasteiger partial charge in [0.25, 0.3) is 0 Å². The third-order valence-corrected chi connectivity index (χ3v) is 5.50. The van der Waals surface area contributed by atoms with Crippen LogP contribution in [-0.4, -0.2) is 19.8 Å². The molecule has 2 heterocycles. The van der Waals surface area contributed by atoms with Crippen molar-refractivity contribution in [3.63, 3.8) is 0 Å². The second-order valence-corrected chi connectivity index (χ2v) is 6.97. The molecule has 1 aromatic heterocycles. The summed E-state index contributed by atoms with van der Waals surface area (Å²) in [6, 6.07) is 2.26. The van der Waals surface area contributed by atoms with Crippen LogP contribution in [0.2, 0.25) is 5.82 Å². The van der Waals surface area contributed by atoms with Gasteiger partial charge in [-0.25, -0.2) is 5.82 Å². The van der Waals surface area contributed by atoms with E-state index in [1.54, 1.807) is 11.3 Å². The Balaban J connectivity index is 0.00000176. The second kappa shape index (κ2) is 8.63. The molecule has 0 bridgehead atoms. The van der Waals surface area contributed by atoms with Gasteiger partial charge in [-0.05, 0) is 47.6 Å². The molecule has 0 aromatic carbocycles. The molecule has 114 valence electrons. The van der Waals surface area contributed by atoms with Crippen molar-refractivity contribution in [3.05, 3.63) is 22.4 Å². The van der Waals surface area contributed by atoms with Gasteiger partial charge in [0.1, 0.15) is 0 Å². The number of hydrogen-bond acceptors (Lipinski definition) is 3. The smallest absolute Gasteiger partial charge is 0.558 e. The van der Waals surface area contributed by atoms with E-state index in [2.05, 4.69) is 35.5 Å². The van der Waals surface area contributed by atoms with Crippen molar-refractivity contribution >= 4 is 17.9 Å². The van der Waals surface area contributed by atoms with Gasteiger partial charge >= 0.3 is 25.4 Å². The summed E-state index contributed by atoms with van der Waals surface area (Å²) >= 11 is 1.78. The fraction of sp³-hybridized carbons (Fsp3) is 0.647. The second-order valence-electron chi connectivity index (χ2n) is 6.19. The molecule has 0 N–H and O–H groups in total. The molecule has 2 aliphatic rings. The van der Waals surface area contributed by atoms with Crippen LogP contribution in [0, 0.1) is 11.7 Å². The summed E-state index contributed by atoms with van der Waals surface area (Å²) in [4.78, 5) is 0. The van der Waals surface area contributed by atoms with Gasteiger partial charge in [0, 0.05) is 19.6 Å². The molecule has 2 fully saturated rings. The molecular formula is C17H24BLiO2S. The minimum absolute atomic E-state index is 0. The third-order valence-electron chi connectivity index (χ3n) is 4.80. The largest absolute Gasteiger partial charge is 1.00 e. The maximum atomic E-state index is 6.19. The quantitative estimate of drug-likeness (QED) is 0.624. The van der Waals surface area contributed by atoms with E-state index in [0.717, 1.165) is 32.5 Å². The molecule has 1 saturated heterocycles. The first-order chi connectivity index (χ1) is 10.4. The minimum atomic E-state index is -1.42. The third kappa shape index (κ3) is 3.84. The summed E-state index contributed by atoms with van der Waals surface area (Å²) in [5, 5.41) is 4.46. The zero-order valence-corrected chi connectivity index (χ0v) is 14.7. The van der Waals surface area contributed by atoms with E-state index >= 15 is 0 Å². The van der Waals surface area contributed by atoms with Crippen molar-refractivity contribution in [1.29, 1.82) is 0 Å². The van der Waals surface area contributed by atoms with E-state index in [4.69, 9.17) is 9.31 Å². The number of thiophene rings is 1. The average Bonchev–Trinajstić information content (AvgIpc) is 3.19. The Bertz CT molecular complexity index is 502. The Morgan fingerprint density at radius 3 is 2.77 bits per heavy atom. The standard InChI is InChI=1S/C17H24BO2S.Li/c1-2-3-4-10-18(19-11-6-12-20-18)17-8-5-7-16(17)15-9-13-21-14-15;/h9,13-14,16-17H,2-3,5-8,11-12H2,1H3;/q-1;+1/t16-,17+;/m1./s1. The molecule has 0 radical (unpaired) electrons. The van der Waals surface area contributed by atoms with Crippen molar-refractivity contribution in [2.75, 3.05) is 13.2 Å². The van der Waals surface area contributed by atoms with Crippen LogP contribution in [0.1, 0.15) is 56.9 Å². The van der Waals surface area contributed by atoms with Gasteiger partial charge in [0.2, 0.25) is 0 Å². The molecule has 22 heavy (non-hydrogen) atoms. The molecule has 0 spiro atoms. The summed E-state index contributed by atoms with van der Waals surface area (Å²) in [6.45, 7) is 2.34. The minimum Gasteiger partial charge on any atom is -0.558 e. The van der Waals surface area contributed by atoms with Crippen molar-refractivity contribution in [1.82, 2.24) is 0 Å². The first-order valence-corrected chi connectivity index (χ1v) is 9.24. The summed E-state index contributed by atoms with van der Waals surface area (Å²) in [5.41, 5.74) is 1.46. The zero-order valence-electron chi connectivity index (χ0n) is 13.8. The molecule has 0 unspecified atom stereocenters. The molecule has 1 aliphatic heterocycles. The molecular weight excluding hydrogens is 286 g/mol. The SMILES string of the molecule is CCCC#C[B-]1([C@H]2CCC[C@@H]2c2ccsc2)OCCCO1.[Li+]. The van der Waals surface area contributed by atoms with Crippen molar-refractivity contribution in [3.8, 4) is 11.7 Å². The fourth-order valence-corrected chi connectivity index (χ4v) is 4.54. The van der Waals surface area contributed by atoms with Crippen LogP contribution >= 0.6 is 11.3 Å². The van der Waals surface area contributed by atoms with Crippen LogP contribution in [0.3, 0.4) is 0 Å². The number of hydrogen-bond donors (Lipinski definition) is 0. The van der Waals surface area contributed by atoms with Crippen LogP contribution in [0.15, 0.2) is 16.8 Å². The number of rotatable bonds is 3. The van der Waals surface area contributed by atoms with Crippen molar-refractivity contribution in [2.24, 2.45) is 0 Å². The zero-order chi connectivity index (χ0) is 14.5. The average molecular weight is 310 g/mol. The molecule has 2 atom stereocenters. The Kier molecular flexibility index (Phi) is 7.13. The molecule has 2 nitrogen and oxygen atoms in total. The maximum Gasteiger partial charge on any atom is 1.00 e. The van der Waals surface area contributed by atoms with Crippen LogP contribution in [0.4, 0.5) is 0 Å². The van der Waals surface area contributed by atoms with Crippen LogP contribution in [0.25, 0.3) is 0 Å². The molecule has 5 heteroatoms. The summed E-state index contributed by atoms with van der Waals surface area (Å²) in [5.74, 6) is 7.76. The van der Waals surface area contributed by atoms with E-state index in [1.807, 2.05) is 0 Å². The maximum absolute atomic E-state index is 6.19. The number of unbranched alkanes of at least 4 members (excludes halogenated alkanes) is 1. The first-order valence-electron chi connectivity index (χ1n) is 8.30. The molecule has 1 saturated carbocycles. The Morgan fingerprint density at radius 2 is 2.09 bits per heavy atom. The summed E-state index contributed by atoms with van der Waals surface area (Å²) < 4.78 is 12.4. The van der Waals surface area contributed by atoms with E-state index in [-0.39, 0.29) is 18.9 Å². The fourth-order valence-electron chi connectivity index (χ4n) is 3.81. The predicted molar refractivity (Wildman–Crippen MR) is 89.6 cm³/mol. The van der Waals surface area contributed by atoms with Gasteiger partial charge in [-0.15, -0.1) is 5.92 Å². The molecule has 0 amide bonds. The van der Waals surface area contributed by atoms with Gasteiger partial charge in [-0.2, -0.15) is 11.3 Å². The Hall–Kier alpha value is -0.158. The Morgan fingerprint density at radius 1 is 1.27 bits per heavy atom. The van der Waals surface area contributed by atoms with Gasteiger partial charge in [0.05, 0.1) is 0 Å². The molecule has 1 aromatic rings. The van der Waals surface area contributed by atoms with Crippen LogP contribution in [0.5, 0.6) is 0 Å². The van der Waals surface area contributed by atoms with Gasteiger partial charge < -0.3 is 9.31 Å². The van der Waals surface area contributed by atoms with Crippen LogP contribution < -0.4 is 18.9 Å².